The molecule has 0 amide bonds. The van der Waals surface area contributed by atoms with Crippen LogP contribution in [0.3, 0.4) is 0 Å². The lowest BCUT2D eigenvalue weighted by Crippen LogP contribution is -2.14. The summed E-state index contributed by atoms with van der Waals surface area (Å²) in [5.41, 5.74) is 2.46. The van der Waals surface area contributed by atoms with Crippen molar-refractivity contribution in [3.63, 3.8) is 0 Å². The van der Waals surface area contributed by atoms with Crippen molar-refractivity contribution in [3.05, 3.63) is 106 Å². The highest BCUT2D eigenvalue weighted by Crippen LogP contribution is 2.28. The number of aromatic nitrogens is 2. The summed E-state index contributed by atoms with van der Waals surface area (Å²) in [6, 6.07) is 23.2. The zero-order valence-corrected chi connectivity index (χ0v) is 18.3. The monoisotopic (exact) mass is 512 g/mol. The maximum Gasteiger partial charge on any atom is 0.278 e. The third-order valence-electron chi connectivity index (χ3n) is 4.66. The Morgan fingerprint density at radius 3 is 2.47 bits per heavy atom. The number of nitrogens with zero attached hydrogens (tertiary/aromatic N) is 2. The molecule has 0 aliphatic carbocycles. The Morgan fingerprint density at radius 2 is 1.77 bits per heavy atom. The van der Waals surface area contributed by atoms with Gasteiger partial charge in [-0.15, -0.1) is 0 Å². The molecule has 30 heavy (non-hydrogen) atoms. The number of hydrogen-bond acceptors (Lipinski definition) is 3. The molecule has 0 unspecified atom stereocenters. The molecule has 4 nitrogen and oxygen atoms in total. The molecule has 4 aromatic rings. The van der Waals surface area contributed by atoms with Crippen LogP contribution in [-0.4, -0.2) is 15.7 Å². The highest BCUT2D eigenvalue weighted by molar-refractivity contribution is 14.1. The Kier molecular flexibility index (Phi) is 5.94. The second-order valence-electron chi connectivity index (χ2n) is 6.76. The smallest absolute Gasteiger partial charge is 0.278 e. The molecule has 0 spiro atoms. The van der Waals surface area contributed by atoms with Crippen LogP contribution in [0.25, 0.3) is 11.1 Å². The van der Waals surface area contributed by atoms with Crippen LogP contribution in [0.2, 0.25) is 0 Å². The zero-order valence-electron chi connectivity index (χ0n) is 16.1. The van der Waals surface area contributed by atoms with Gasteiger partial charge in [-0.05, 0) is 77.5 Å². The maximum absolute atomic E-state index is 14.6. The van der Waals surface area contributed by atoms with E-state index in [1.165, 1.54) is 10.7 Å². The molecule has 0 saturated heterocycles. The minimum absolute atomic E-state index is 0.219. The molecule has 0 aliphatic heterocycles. The van der Waals surface area contributed by atoms with E-state index in [4.69, 9.17) is 4.74 Å². The molecule has 0 aliphatic rings. The van der Waals surface area contributed by atoms with Gasteiger partial charge < -0.3 is 4.74 Å². The second kappa shape index (κ2) is 8.79. The van der Waals surface area contributed by atoms with Crippen LogP contribution in [0, 0.1) is 9.39 Å². The molecule has 4 rings (SSSR count). The molecule has 0 fully saturated rings. The molecule has 6 heteroatoms. The summed E-state index contributed by atoms with van der Waals surface area (Å²) in [6.45, 7) is 1.81. The number of halogens is 2. The minimum atomic E-state index is -0.447. The van der Waals surface area contributed by atoms with Gasteiger partial charge in [-0.1, -0.05) is 30.3 Å². The van der Waals surface area contributed by atoms with E-state index in [1.54, 1.807) is 36.5 Å². The normalized spacial score (nSPS) is 11.8. The topological polar surface area (TPSA) is 44.1 Å². The molecule has 3 aromatic carbocycles. The summed E-state index contributed by atoms with van der Waals surface area (Å²) in [7, 11) is 0. The van der Waals surface area contributed by atoms with Gasteiger partial charge in [0.1, 0.15) is 23.4 Å². The third-order valence-corrected chi connectivity index (χ3v) is 5.38. The van der Waals surface area contributed by atoms with Gasteiger partial charge in [0, 0.05) is 27.0 Å². The Hall–Kier alpha value is -3.00. The average molecular weight is 512 g/mol. The summed E-state index contributed by atoms with van der Waals surface area (Å²) in [6.07, 6.45) is 1.16. The van der Waals surface area contributed by atoms with Crippen molar-refractivity contribution in [2.24, 2.45) is 0 Å². The number of ether oxygens (including phenoxy) is 1. The van der Waals surface area contributed by atoms with Crippen molar-refractivity contribution >= 4 is 28.5 Å². The Morgan fingerprint density at radius 1 is 1.03 bits per heavy atom. The van der Waals surface area contributed by atoms with E-state index in [0.29, 0.717) is 22.6 Å². The Balaban J connectivity index is 1.48. The van der Waals surface area contributed by atoms with Crippen molar-refractivity contribution in [3.8, 4) is 16.9 Å². The first-order chi connectivity index (χ1) is 14.5. The van der Waals surface area contributed by atoms with Crippen LogP contribution in [0.4, 0.5) is 4.39 Å². The van der Waals surface area contributed by atoms with E-state index in [-0.39, 0.29) is 11.7 Å². The van der Waals surface area contributed by atoms with Crippen molar-refractivity contribution in [2.45, 2.75) is 13.0 Å². The van der Waals surface area contributed by atoms with Crippen LogP contribution in [0.15, 0.2) is 85.1 Å². The fraction of sp³-hybridized carbons (Fsp3) is 0.0833. The predicted molar refractivity (Wildman–Crippen MR) is 122 cm³/mol. The van der Waals surface area contributed by atoms with Crippen LogP contribution < -0.4 is 4.74 Å². The quantitative estimate of drug-likeness (QED) is 0.303. The average Bonchev–Trinajstić information content (AvgIpc) is 3.25. The fourth-order valence-electron chi connectivity index (χ4n) is 3.08. The van der Waals surface area contributed by atoms with E-state index >= 15 is 0 Å². The predicted octanol–water partition coefficient (Wildman–Crippen LogP) is 6.12. The lowest BCUT2D eigenvalue weighted by atomic mass is 10.1. The van der Waals surface area contributed by atoms with E-state index in [1.807, 2.05) is 49.4 Å². The van der Waals surface area contributed by atoms with Crippen molar-refractivity contribution in [1.29, 1.82) is 0 Å². The lowest BCUT2D eigenvalue weighted by Gasteiger charge is -2.13. The Labute approximate surface area is 187 Å². The van der Waals surface area contributed by atoms with Crippen LogP contribution >= 0.6 is 22.6 Å². The van der Waals surface area contributed by atoms with Crippen molar-refractivity contribution in [2.75, 3.05) is 0 Å². The van der Waals surface area contributed by atoms with Gasteiger partial charge in [-0.25, -0.2) is 9.07 Å². The van der Waals surface area contributed by atoms with Crippen molar-refractivity contribution in [1.82, 2.24) is 9.78 Å². The van der Waals surface area contributed by atoms with E-state index in [9.17, 15) is 9.18 Å². The summed E-state index contributed by atoms with van der Waals surface area (Å²) in [5, 5.41) is 4.34. The minimum Gasteiger partial charge on any atom is -0.484 e. The molecule has 1 heterocycles. The SMILES string of the molecule is C[C@H](Oc1ccc(-c2ccccc2)c(F)c1)c1ccn(C(=O)c2ccc(I)cc2)n1. The first-order valence-electron chi connectivity index (χ1n) is 9.39. The second-order valence-corrected chi connectivity index (χ2v) is 8.01. The van der Waals surface area contributed by atoms with Gasteiger partial charge in [-0.2, -0.15) is 5.10 Å². The molecule has 1 aromatic heterocycles. The van der Waals surface area contributed by atoms with Gasteiger partial charge in [-0.3, -0.25) is 4.79 Å². The summed E-state index contributed by atoms with van der Waals surface area (Å²) < 4.78 is 22.8. The first-order valence-corrected chi connectivity index (χ1v) is 10.5. The molecule has 0 N–H and O–H groups in total. The molecule has 150 valence electrons. The van der Waals surface area contributed by atoms with Crippen LogP contribution in [-0.2, 0) is 0 Å². The van der Waals surface area contributed by atoms with Crippen LogP contribution in [0.5, 0.6) is 5.75 Å². The lowest BCUT2D eigenvalue weighted by molar-refractivity contribution is 0.0943. The van der Waals surface area contributed by atoms with Gasteiger partial charge in [0.25, 0.3) is 5.91 Å². The highest BCUT2D eigenvalue weighted by Gasteiger charge is 2.16. The van der Waals surface area contributed by atoms with E-state index in [2.05, 4.69) is 27.7 Å². The molecule has 0 radical (unpaired) electrons. The van der Waals surface area contributed by atoms with Gasteiger partial charge in [0.05, 0.1) is 0 Å². The summed E-state index contributed by atoms with van der Waals surface area (Å²) in [4.78, 5) is 12.6. The van der Waals surface area contributed by atoms with Crippen LogP contribution in [0.1, 0.15) is 29.1 Å². The van der Waals surface area contributed by atoms with Gasteiger partial charge in [0.2, 0.25) is 0 Å². The van der Waals surface area contributed by atoms with Gasteiger partial charge >= 0.3 is 0 Å². The fourth-order valence-corrected chi connectivity index (χ4v) is 3.44. The summed E-state index contributed by atoms with van der Waals surface area (Å²) in [5.74, 6) is -0.174. The molecule has 0 saturated carbocycles. The van der Waals surface area contributed by atoms with E-state index < -0.39 is 6.10 Å². The molecular formula is C24H18FIN2O2. The Bertz CT molecular complexity index is 1170. The molecular weight excluding hydrogens is 494 g/mol. The molecule has 0 bridgehead atoms. The van der Waals surface area contributed by atoms with Crippen molar-refractivity contribution < 1.29 is 13.9 Å². The zero-order chi connectivity index (χ0) is 21.1. The first kappa shape index (κ1) is 20.3. The number of carbonyl (C=O) groups excluding carboxylic acids is 1. The largest absolute Gasteiger partial charge is 0.484 e. The van der Waals surface area contributed by atoms with E-state index in [0.717, 1.165) is 9.13 Å². The maximum atomic E-state index is 14.6. The number of carbonyl (C=O) groups is 1. The number of benzene rings is 3. The number of hydrogen-bond donors (Lipinski definition) is 0. The molecule has 1 atom stereocenters. The summed E-state index contributed by atoms with van der Waals surface area (Å²) >= 11 is 2.19. The standard InChI is InChI=1S/C24H18FIN2O2/c1-16(23-13-14-28(27-23)24(29)18-7-9-19(26)10-8-18)30-20-11-12-21(22(25)15-20)17-5-3-2-4-6-17/h2-16H,1H3/t16-/m0/s1. The number of rotatable bonds is 5. The van der Waals surface area contributed by atoms with Gasteiger partial charge in [0.15, 0.2) is 0 Å². The highest BCUT2D eigenvalue weighted by atomic mass is 127. The third kappa shape index (κ3) is 4.43.